The normalized spacial score (nSPS) is 27.2. The van der Waals surface area contributed by atoms with E-state index in [0.29, 0.717) is 0 Å². The van der Waals surface area contributed by atoms with Crippen LogP contribution < -0.4 is 21.9 Å². The number of rotatable bonds is 5. The van der Waals surface area contributed by atoms with Crippen molar-refractivity contribution in [3.63, 3.8) is 0 Å². The molecule has 2 aromatic carbocycles. The Morgan fingerprint density at radius 2 is 0.417 bits per heavy atom. The lowest BCUT2D eigenvalue weighted by molar-refractivity contribution is 0.00578. The molecule has 4 heterocycles. The van der Waals surface area contributed by atoms with E-state index in [-0.39, 0.29) is 0 Å². The molecule has 2 aromatic rings. The van der Waals surface area contributed by atoms with E-state index in [2.05, 4.69) is 147 Å². The SMILES string of the molecule is CC1(C)OB(c2cc(B3OC(C)(C)C(C)(C)O3)cc(-c3cc(B4OC(C)(C)C(C)(C)O4)cc(B4OC(C)(C)C(C)(C)O4)c3)c2)OC1(C)C. The Balaban J connectivity index is 1.50. The van der Waals surface area contributed by atoms with Crippen molar-refractivity contribution in [3.8, 4) is 11.1 Å². The highest BCUT2D eigenvalue weighted by atomic mass is 16.7. The minimum atomic E-state index is -0.579. The summed E-state index contributed by atoms with van der Waals surface area (Å²) in [6.45, 7) is 33.1. The second-order valence-corrected chi connectivity index (χ2v) is 18.1. The third-order valence-electron chi connectivity index (χ3n) is 12.4. The molecule has 12 heteroatoms. The highest BCUT2D eigenvalue weighted by Gasteiger charge is 2.56. The van der Waals surface area contributed by atoms with Crippen molar-refractivity contribution in [2.45, 2.75) is 156 Å². The zero-order valence-electron chi connectivity index (χ0n) is 32.0. The number of benzene rings is 2. The van der Waals surface area contributed by atoms with Crippen molar-refractivity contribution in [2.24, 2.45) is 0 Å². The lowest BCUT2D eigenvalue weighted by Crippen LogP contribution is -2.42. The van der Waals surface area contributed by atoms with E-state index in [1.54, 1.807) is 0 Å². The zero-order valence-corrected chi connectivity index (χ0v) is 32.0. The van der Waals surface area contributed by atoms with Crippen molar-refractivity contribution in [2.75, 3.05) is 0 Å². The topological polar surface area (TPSA) is 73.8 Å². The highest BCUT2D eigenvalue weighted by Crippen LogP contribution is 2.40. The fraction of sp³-hybridized carbons (Fsp3) is 0.667. The predicted molar refractivity (Wildman–Crippen MR) is 195 cm³/mol. The van der Waals surface area contributed by atoms with E-state index in [4.69, 9.17) is 37.2 Å². The molecule has 4 saturated heterocycles. The third-order valence-corrected chi connectivity index (χ3v) is 12.4. The maximum Gasteiger partial charge on any atom is 0.494 e. The smallest absolute Gasteiger partial charge is 0.399 e. The van der Waals surface area contributed by atoms with Crippen LogP contribution in [0.3, 0.4) is 0 Å². The first-order valence-corrected chi connectivity index (χ1v) is 17.4. The van der Waals surface area contributed by atoms with Crippen LogP contribution >= 0.6 is 0 Å². The van der Waals surface area contributed by atoms with E-state index < -0.39 is 73.3 Å². The quantitative estimate of drug-likeness (QED) is 0.434. The van der Waals surface area contributed by atoms with E-state index in [1.165, 1.54) is 0 Å². The fourth-order valence-corrected chi connectivity index (χ4v) is 6.15. The Bertz CT molecular complexity index is 1310. The molecule has 8 nitrogen and oxygen atoms in total. The van der Waals surface area contributed by atoms with Gasteiger partial charge in [-0.25, -0.2) is 0 Å². The molecule has 0 radical (unpaired) electrons. The molecule has 0 N–H and O–H groups in total. The van der Waals surface area contributed by atoms with Crippen LogP contribution in [0.5, 0.6) is 0 Å². The number of hydrogen-bond acceptors (Lipinski definition) is 8. The molecule has 48 heavy (non-hydrogen) atoms. The summed E-state index contributed by atoms with van der Waals surface area (Å²) in [6, 6.07) is 12.7. The molecule has 0 aliphatic carbocycles. The van der Waals surface area contributed by atoms with Crippen molar-refractivity contribution in [1.29, 1.82) is 0 Å². The van der Waals surface area contributed by atoms with Crippen molar-refractivity contribution < 1.29 is 37.2 Å². The van der Waals surface area contributed by atoms with Gasteiger partial charge in [-0.3, -0.25) is 0 Å². The van der Waals surface area contributed by atoms with Gasteiger partial charge in [-0.15, -0.1) is 0 Å². The van der Waals surface area contributed by atoms with Gasteiger partial charge in [0, 0.05) is 0 Å². The van der Waals surface area contributed by atoms with Crippen LogP contribution in [0.15, 0.2) is 36.4 Å². The second-order valence-electron chi connectivity index (χ2n) is 18.1. The van der Waals surface area contributed by atoms with Gasteiger partial charge in [-0.2, -0.15) is 0 Å². The van der Waals surface area contributed by atoms with Crippen LogP contribution in [-0.4, -0.2) is 73.3 Å². The van der Waals surface area contributed by atoms with Crippen LogP contribution in [-0.2, 0) is 37.2 Å². The first-order valence-electron chi connectivity index (χ1n) is 17.4. The van der Waals surface area contributed by atoms with Crippen LogP contribution in [0.1, 0.15) is 111 Å². The summed E-state index contributed by atoms with van der Waals surface area (Å²) in [7, 11) is -2.31. The first-order chi connectivity index (χ1) is 21.7. The third kappa shape index (κ3) is 5.96. The van der Waals surface area contributed by atoms with E-state index >= 15 is 0 Å². The van der Waals surface area contributed by atoms with E-state index in [0.717, 1.165) is 33.0 Å². The Morgan fingerprint density at radius 1 is 0.271 bits per heavy atom. The van der Waals surface area contributed by atoms with Crippen molar-refractivity contribution in [3.05, 3.63) is 36.4 Å². The minimum Gasteiger partial charge on any atom is -0.399 e. The van der Waals surface area contributed by atoms with Gasteiger partial charge in [0.1, 0.15) is 0 Å². The summed E-state index contributed by atoms with van der Waals surface area (Å²) in [5.74, 6) is 0. The maximum absolute atomic E-state index is 6.56. The Kier molecular flexibility index (Phi) is 8.25. The highest BCUT2D eigenvalue weighted by molar-refractivity contribution is 6.67. The van der Waals surface area contributed by atoms with Gasteiger partial charge in [-0.05, 0) is 144 Å². The Morgan fingerprint density at radius 3 is 0.562 bits per heavy atom. The van der Waals surface area contributed by atoms with Gasteiger partial charge < -0.3 is 37.2 Å². The summed E-state index contributed by atoms with van der Waals surface area (Å²) in [5.41, 5.74) is 1.42. The van der Waals surface area contributed by atoms with E-state index in [1.807, 2.05) is 0 Å². The molecule has 0 aromatic heterocycles. The molecular weight excluding hydrogens is 604 g/mol. The number of hydrogen-bond donors (Lipinski definition) is 0. The zero-order chi connectivity index (χ0) is 35.7. The average Bonchev–Trinajstić information content (AvgIpc) is 3.49. The fourth-order valence-electron chi connectivity index (χ4n) is 6.15. The lowest BCUT2D eigenvalue weighted by atomic mass is 9.68. The molecule has 4 fully saturated rings. The standard InChI is InChI=1S/C36H54B4O8/c1-29(2)30(3,4)42-37(41-29)25-17-23(18-26(21-25)38-43-31(5,6)32(7,8)44-38)24-19-27(39-45-33(9,10)34(11,12)46-39)22-28(20-24)40-47-35(13,14)36(15,16)48-40/h17-22H,1-16H3. The molecule has 0 spiro atoms. The van der Waals surface area contributed by atoms with Crippen LogP contribution in [0, 0.1) is 0 Å². The molecule has 0 atom stereocenters. The van der Waals surface area contributed by atoms with Crippen LogP contribution in [0.25, 0.3) is 11.1 Å². The van der Waals surface area contributed by atoms with Crippen LogP contribution in [0.2, 0.25) is 0 Å². The molecule has 0 unspecified atom stereocenters. The van der Waals surface area contributed by atoms with Gasteiger partial charge in [-0.1, -0.05) is 36.4 Å². The van der Waals surface area contributed by atoms with E-state index in [9.17, 15) is 0 Å². The summed E-state index contributed by atoms with van der Waals surface area (Å²) in [6.07, 6.45) is 0. The Hall–Kier alpha value is -1.62. The molecule has 4 aliphatic rings. The van der Waals surface area contributed by atoms with Crippen molar-refractivity contribution in [1.82, 2.24) is 0 Å². The second kappa shape index (κ2) is 10.9. The summed E-state index contributed by atoms with van der Waals surface area (Å²) < 4.78 is 52.5. The molecule has 0 saturated carbocycles. The maximum atomic E-state index is 6.56. The largest absolute Gasteiger partial charge is 0.494 e. The summed E-state index contributed by atoms with van der Waals surface area (Å²) in [4.78, 5) is 0. The molecule has 4 aliphatic heterocycles. The van der Waals surface area contributed by atoms with Gasteiger partial charge in [0.25, 0.3) is 0 Å². The average molecular weight is 658 g/mol. The van der Waals surface area contributed by atoms with Crippen LogP contribution in [0.4, 0.5) is 0 Å². The minimum absolute atomic E-state index is 0.501. The van der Waals surface area contributed by atoms with Gasteiger partial charge in [0.15, 0.2) is 0 Å². The molecule has 0 amide bonds. The summed E-state index contributed by atoms with van der Waals surface area (Å²) in [5, 5.41) is 0. The Labute approximate surface area is 290 Å². The molecule has 6 rings (SSSR count). The molecule has 0 bridgehead atoms. The van der Waals surface area contributed by atoms with Gasteiger partial charge in [0.05, 0.1) is 44.8 Å². The van der Waals surface area contributed by atoms with Crippen molar-refractivity contribution >= 4 is 50.3 Å². The predicted octanol–water partition coefficient (Wildman–Crippen LogP) is 4.55. The molecular formula is C36H54B4O8. The first kappa shape index (κ1) is 36.2. The van der Waals surface area contributed by atoms with Gasteiger partial charge in [0.2, 0.25) is 0 Å². The molecule has 258 valence electrons. The monoisotopic (exact) mass is 658 g/mol. The lowest BCUT2D eigenvalue weighted by Gasteiger charge is -2.32. The summed E-state index contributed by atoms with van der Waals surface area (Å²) >= 11 is 0. The van der Waals surface area contributed by atoms with Gasteiger partial charge >= 0.3 is 28.5 Å².